The molecule has 0 saturated heterocycles. The molecule has 2 atom stereocenters. The molecular formula is C18H29NO. The average molecular weight is 275 g/mol. The molecule has 0 fully saturated rings. The summed E-state index contributed by atoms with van der Waals surface area (Å²) in [4.78, 5) is 0. The Morgan fingerprint density at radius 1 is 0.950 bits per heavy atom. The smallest absolute Gasteiger partial charge is 0.0722 e. The molecule has 0 unspecified atom stereocenters. The van der Waals surface area contributed by atoms with Crippen molar-refractivity contribution in [1.82, 2.24) is 0 Å². The highest BCUT2D eigenvalue weighted by atomic mass is 16.3. The van der Waals surface area contributed by atoms with Gasteiger partial charge < -0.3 is 10.8 Å². The first-order valence-electron chi connectivity index (χ1n) is 7.34. The van der Waals surface area contributed by atoms with Gasteiger partial charge in [0.1, 0.15) is 0 Å². The fourth-order valence-electron chi connectivity index (χ4n) is 1.50. The predicted molar refractivity (Wildman–Crippen MR) is 89.5 cm³/mol. The van der Waals surface area contributed by atoms with Crippen LogP contribution in [0.25, 0.3) is 0 Å². The molecule has 0 rings (SSSR count). The van der Waals surface area contributed by atoms with Gasteiger partial charge in [0.05, 0.1) is 6.10 Å². The molecule has 0 heterocycles. The summed E-state index contributed by atoms with van der Waals surface area (Å²) in [6.45, 7) is 5.44. The largest absolute Gasteiger partial charge is 0.391 e. The Morgan fingerprint density at radius 3 is 2.10 bits per heavy atom. The lowest BCUT2D eigenvalue weighted by Gasteiger charge is -2.10. The lowest BCUT2D eigenvalue weighted by Crippen LogP contribution is -2.30. The van der Waals surface area contributed by atoms with Crippen LogP contribution in [0.15, 0.2) is 61.3 Å². The predicted octanol–water partition coefficient (Wildman–Crippen LogP) is 4.06. The van der Waals surface area contributed by atoms with Gasteiger partial charge in [-0.05, 0) is 39.0 Å². The van der Waals surface area contributed by atoms with Gasteiger partial charge in [-0.2, -0.15) is 0 Å². The van der Waals surface area contributed by atoms with Crippen molar-refractivity contribution >= 4 is 0 Å². The molecule has 0 aromatic carbocycles. The lowest BCUT2D eigenvalue weighted by atomic mass is 10.1. The third-order valence-corrected chi connectivity index (χ3v) is 2.80. The molecule has 2 nitrogen and oxygen atoms in total. The normalized spacial score (nSPS) is 15.8. The van der Waals surface area contributed by atoms with Gasteiger partial charge in [0.2, 0.25) is 0 Å². The van der Waals surface area contributed by atoms with Crippen molar-refractivity contribution in [3.63, 3.8) is 0 Å². The van der Waals surface area contributed by atoms with E-state index in [2.05, 4.69) is 43.0 Å². The Hall–Kier alpha value is -1.38. The Kier molecular flexibility index (Phi) is 13.1. The first-order chi connectivity index (χ1) is 9.68. The van der Waals surface area contributed by atoms with E-state index in [1.807, 2.05) is 19.1 Å². The van der Waals surface area contributed by atoms with Crippen molar-refractivity contribution in [3.05, 3.63) is 61.3 Å². The summed E-state index contributed by atoms with van der Waals surface area (Å²) in [5.41, 5.74) is 5.57. The SMILES string of the molecule is C=C/C=C\C/C=C\C/C=C\CC/C=C/C[C@H](O)[C@@H](C)N. The minimum atomic E-state index is -0.429. The number of aliphatic hydroxyl groups is 1. The number of nitrogens with two attached hydrogens (primary N) is 1. The molecule has 0 aromatic heterocycles. The number of unbranched alkanes of at least 4 members (excludes halogenated alkanes) is 1. The summed E-state index contributed by atoms with van der Waals surface area (Å²) in [6, 6.07) is -0.160. The van der Waals surface area contributed by atoms with Crippen LogP contribution in [-0.4, -0.2) is 17.3 Å². The third kappa shape index (κ3) is 13.1. The van der Waals surface area contributed by atoms with E-state index >= 15 is 0 Å². The van der Waals surface area contributed by atoms with E-state index in [0.29, 0.717) is 6.42 Å². The van der Waals surface area contributed by atoms with E-state index in [9.17, 15) is 5.11 Å². The van der Waals surface area contributed by atoms with E-state index in [1.165, 1.54) is 0 Å². The van der Waals surface area contributed by atoms with Crippen molar-refractivity contribution in [2.24, 2.45) is 5.73 Å². The molecule has 2 heteroatoms. The van der Waals surface area contributed by atoms with Gasteiger partial charge in [-0.3, -0.25) is 0 Å². The van der Waals surface area contributed by atoms with Crippen LogP contribution >= 0.6 is 0 Å². The van der Waals surface area contributed by atoms with Crippen LogP contribution in [-0.2, 0) is 0 Å². The number of allylic oxidation sites excluding steroid dienone is 8. The Bertz CT molecular complexity index is 337. The second kappa shape index (κ2) is 14.0. The molecule has 0 aliphatic heterocycles. The monoisotopic (exact) mass is 275 g/mol. The van der Waals surface area contributed by atoms with Crippen molar-refractivity contribution in [2.75, 3.05) is 0 Å². The molecule has 20 heavy (non-hydrogen) atoms. The minimum absolute atomic E-state index is 0.160. The zero-order valence-corrected chi connectivity index (χ0v) is 12.6. The maximum absolute atomic E-state index is 9.50. The molecule has 0 amide bonds. The Morgan fingerprint density at radius 2 is 1.50 bits per heavy atom. The molecule has 112 valence electrons. The molecule has 0 spiro atoms. The summed E-state index contributed by atoms with van der Waals surface area (Å²) in [5, 5.41) is 9.50. The molecule has 3 N–H and O–H groups in total. The van der Waals surface area contributed by atoms with Crippen LogP contribution in [0.2, 0.25) is 0 Å². The van der Waals surface area contributed by atoms with Gasteiger partial charge in [-0.15, -0.1) is 0 Å². The van der Waals surface area contributed by atoms with E-state index in [4.69, 9.17) is 5.73 Å². The molecule has 0 aliphatic carbocycles. The molecule has 0 saturated carbocycles. The van der Waals surface area contributed by atoms with E-state index < -0.39 is 6.10 Å². The van der Waals surface area contributed by atoms with Gasteiger partial charge in [-0.1, -0.05) is 61.3 Å². The highest BCUT2D eigenvalue weighted by molar-refractivity contribution is 5.02. The molecular weight excluding hydrogens is 246 g/mol. The number of aliphatic hydroxyl groups excluding tert-OH is 1. The molecule has 0 aromatic rings. The van der Waals surface area contributed by atoms with Crippen LogP contribution in [0.1, 0.15) is 39.0 Å². The zero-order valence-electron chi connectivity index (χ0n) is 12.6. The molecule has 0 radical (unpaired) electrons. The van der Waals surface area contributed by atoms with Crippen LogP contribution in [0.3, 0.4) is 0 Å². The highest BCUT2D eigenvalue weighted by Crippen LogP contribution is 2.00. The summed E-state index contributed by atoms with van der Waals surface area (Å²) in [6.07, 6.45) is 22.8. The zero-order chi connectivity index (χ0) is 15.1. The molecule has 0 aliphatic rings. The summed E-state index contributed by atoms with van der Waals surface area (Å²) >= 11 is 0. The van der Waals surface area contributed by atoms with Crippen LogP contribution < -0.4 is 5.73 Å². The van der Waals surface area contributed by atoms with E-state index in [1.54, 1.807) is 6.08 Å². The fourth-order valence-corrected chi connectivity index (χ4v) is 1.50. The summed E-state index contributed by atoms with van der Waals surface area (Å²) in [5.74, 6) is 0. The van der Waals surface area contributed by atoms with Crippen molar-refractivity contribution in [3.8, 4) is 0 Å². The maximum Gasteiger partial charge on any atom is 0.0722 e. The van der Waals surface area contributed by atoms with E-state index in [0.717, 1.165) is 25.7 Å². The van der Waals surface area contributed by atoms with Gasteiger partial charge in [0.25, 0.3) is 0 Å². The summed E-state index contributed by atoms with van der Waals surface area (Å²) < 4.78 is 0. The quantitative estimate of drug-likeness (QED) is 0.339. The third-order valence-electron chi connectivity index (χ3n) is 2.80. The fraction of sp³-hybridized carbons (Fsp3) is 0.444. The number of hydrogen-bond donors (Lipinski definition) is 2. The van der Waals surface area contributed by atoms with Crippen LogP contribution in [0.5, 0.6) is 0 Å². The Labute approximate surface area is 124 Å². The van der Waals surface area contributed by atoms with Crippen molar-refractivity contribution in [2.45, 2.75) is 51.2 Å². The van der Waals surface area contributed by atoms with Gasteiger partial charge in [-0.25, -0.2) is 0 Å². The van der Waals surface area contributed by atoms with Crippen molar-refractivity contribution in [1.29, 1.82) is 0 Å². The second-order valence-electron chi connectivity index (χ2n) is 4.79. The van der Waals surface area contributed by atoms with Crippen molar-refractivity contribution < 1.29 is 5.11 Å². The van der Waals surface area contributed by atoms with Gasteiger partial charge in [0, 0.05) is 6.04 Å². The minimum Gasteiger partial charge on any atom is -0.391 e. The lowest BCUT2D eigenvalue weighted by molar-refractivity contribution is 0.154. The topological polar surface area (TPSA) is 46.2 Å². The number of rotatable bonds is 11. The van der Waals surface area contributed by atoms with Gasteiger partial charge >= 0.3 is 0 Å². The maximum atomic E-state index is 9.50. The van der Waals surface area contributed by atoms with E-state index in [-0.39, 0.29) is 6.04 Å². The second-order valence-corrected chi connectivity index (χ2v) is 4.79. The Balaban J connectivity index is 3.50. The highest BCUT2D eigenvalue weighted by Gasteiger charge is 2.05. The molecule has 0 bridgehead atoms. The van der Waals surface area contributed by atoms with Gasteiger partial charge in [0.15, 0.2) is 0 Å². The summed E-state index contributed by atoms with van der Waals surface area (Å²) in [7, 11) is 0. The standard InChI is InChI=1S/C18H29NO/c1-3-4-5-6-7-8-9-10-11-12-13-14-15-16-18(20)17(2)19/h3-5,7-8,10-11,14-15,17-18,20H,1,6,9,12-13,16,19H2,2H3/b5-4-,8-7-,11-10-,15-14+/t17-,18+/m1/s1. The first-order valence-corrected chi connectivity index (χ1v) is 7.34. The van der Waals surface area contributed by atoms with Crippen LogP contribution in [0, 0.1) is 0 Å². The number of hydrogen-bond acceptors (Lipinski definition) is 2. The van der Waals surface area contributed by atoms with Crippen LogP contribution in [0.4, 0.5) is 0 Å². The average Bonchev–Trinajstić information content (AvgIpc) is 2.43. The first kappa shape index (κ1) is 18.6.